The van der Waals surface area contributed by atoms with Gasteiger partial charge in [-0.3, -0.25) is 0 Å². The minimum absolute atomic E-state index is 0. The highest BCUT2D eigenvalue weighted by Crippen LogP contribution is 2.28. The number of nitrogens with one attached hydrogen (secondary N) is 1. The molecule has 1 aliphatic carbocycles. The predicted octanol–water partition coefficient (Wildman–Crippen LogP) is 5.94. The van der Waals surface area contributed by atoms with Gasteiger partial charge in [-0.2, -0.15) is 0 Å². The van der Waals surface area contributed by atoms with E-state index in [0.717, 1.165) is 24.5 Å². The van der Waals surface area contributed by atoms with Crippen molar-refractivity contribution in [3.05, 3.63) is 59.7 Å². The van der Waals surface area contributed by atoms with Crippen molar-refractivity contribution in [2.75, 3.05) is 13.7 Å². The van der Waals surface area contributed by atoms with Crippen molar-refractivity contribution < 1.29 is 9.47 Å². The Balaban J connectivity index is 0.00000280. The van der Waals surface area contributed by atoms with Crippen molar-refractivity contribution in [3.8, 4) is 11.5 Å². The average molecular weight is 404 g/mol. The summed E-state index contributed by atoms with van der Waals surface area (Å²) in [6, 6.07) is 17.4. The molecule has 0 aromatic heterocycles. The lowest BCUT2D eigenvalue weighted by molar-refractivity contribution is 0.297. The SMILES string of the molecule is COc1cc(CNC2CCCCCCC2)ccc1OCCc1ccccc1.Cl. The van der Waals surface area contributed by atoms with Crippen molar-refractivity contribution in [1.29, 1.82) is 0 Å². The van der Waals surface area contributed by atoms with Crippen molar-refractivity contribution in [1.82, 2.24) is 5.32 Å². The summed E-state index contributed by atoms with van der Waals surface area (Å²) < 4.78 is 11.5. The third-order valence-electron chi connectivity index (χ3n) is 5.42. The van der Waals surface area contributed by atoms with Crippen LogP contribution in [0.1, 0.15) is 56.1 Å². The summed E-state index contributed by atoms with van der Waals surface area (Å²) in [5.74, 6) is 1.64. The van der Waals surface area contributed by atoms with Crippen LogP contribution in [0.2, 0.25) is 0 Å². The highest BCUT2D eigenvalue weighted by Gasteiger charge is 2.12. The molecular weight excluding hydrogens is 370 g/mol. The Hall–Kier alpha value is -1.71. The summed E-state index contributed by atoms with van der Waals surface area (Å²) in [7, 11) is 1.71. The first-order valence-corrected chi connectivity index (χ1v) is 10.4. The third kappa shape index (κ3) is 7.37. The molecule has 1 fully saturated rings. The highest BCUT2D eigenvalue weighted by molar-refractivity contribution is 5.85. The van der Waals surface area contributed by atoms with E-state index >= 15 is 0 Å². The number of benzene rings is 2. The number of hydrogen-bond acceptors (Lipinski definition) is 3. The molecule has 0 spiro atoms. The second-order valence-electron chi connectivity index (χ2n) is 7.49. The summed E-state index contributed by atoms with van der Waals surface area (Å²) in [5, 5.41) is 3.74. The third-order valence-corrected chi connectivity index (χ3v) is 5.42. The van der Waals surface area contributed by atoms with Gasteiger partial charge in [0.25, 0.3) is 0 Å². The Kier molecular flexibility index (Phi) is 10.2. The van der Waals surface area contributed by atoms with Gasteiger partial charge in [0.1, 0.15) is 0 Å². The molecule has 0 aliphatic heterocycles. The molecule has 3 nitrogen and oxygen atoms in total. The Morgan fingerprint density at radius 1 is 0.857 bits per heavy atom. The Bertz CT molecular complexity index is 670. The van der Waals surface area contributed by atoms with E-state index in [1.165, 1.54) is 56.1 Å². The van der Waals surface area contributed by atoms with E-state index in [1.807, 2.05) is 12.1 Å². The molecule has 1 N–H and O–H groups in total. The van der Waals surface area contributed by atoms with E-state index in [0.29, 0.717) is 12.6 Å². The molecule has 1 saturated carbocycles. The summed E-state index contributed by atoms with van der Waals surface area (Å²) in [6.45, 7) is 1.55. The maximum Gasteiger partial charge on any atom is 0.161 e. The van der Waals surface area contributed by atoms with E-state index in [-0.39, 0.29) is 12.4 Å². The molecule has 2 aromatic carbocycles. The molecule has 2 aromatic rings. The van der Waals surface area contributed by atoms with Gasteiger partial charge in [0.15, 0.2) is 11.5 Å². The summed E-state index contributed by atoms with van der Waals surface area (Å²) in [6.07, 6.45) is 10.4. The van der Waals surface area contributed by atoms with Crippen LogP contribution in [-0.4, -0.2) is 19.8 Å². The van der Waals surface area contributed by atoms with E-state index in [2.05, 4.69) is 41.7 Å². The van der Waals surface area contributed by atoms with Crippen LogP contribution in [0.5, 0.6) is 11.5 Å². The van der Waals surface area contributed by atoms with Crippen LogP contribution in [0, 0.1) is 0 Å². The minimum atomic E-state index is 0. The van der Waals surface area contributed by atoms with E-state index < -0.39 is 0 Å². The quantitative estimate of drug-likeness (QED) is 0.591. The smallest absolute Gasteiger partial charge is 0.161 e. The number of methoxy groups -OCH3 is 1. The van der Waals surface area contributed by atoms with Crippen LogP contribution in [-0.2, 0) is 13.0 Å². The predicted molar refractivity (Wildman–Crippen MR) is 119 cm³/mol. The number of hydrogen-bond donors (Lipinski definition) is 1. The van der Waals surface area contributed by atoms with Gasteiger partial charge in [-0.1, -0.05) is 68.5 Å². The molecule has 0 atom stereocenters. The fourth-order valence-electron chi connectivity index (χ4n) is 3.79. The lowest BCUT2D eigenvalue weighted by Crippen LogP contribution is -2.29. The van der Waals surface area contributed by atoms with E-state index in [4.69, 9.17) is 9.47 Å². The fraction of sp³-hybridized carbons (Fsp3) is 0.500. The monoisotopic (exact) mass is 403 g/mol. The lowest BCUT2D eigenvalue weighted by atomic mass is 9.96. The first kappa shape index (κ1) is 22.6. The number of halogens is 1. The minimum Gasteiger partial charge on any atom is -0.493 e. The molecule has 0 bridgehead atoms. The largest absolute Gasteiger partial charge is 0.493 e. The van der Waals surface area contributed by atoms with Crippen LogP contribution in [0.4, 0.5) is 0 Å². The van der Waals surface area contributed by atoms with Crippen LogP contribution in [0.3, 0.4) is 0 Å². The van der Waals surface area contributed by atoms with E-state index in [1.54, 1.807) is 7.11 Å². The van der Waals surface area contributed by atoms with E-state index in [9.17, 15) is 0 Å². The van der Waals surface area contributed by atoms with Gasteiger partial charge in [0.05, 0.1) is 13.7 Å². The average Bonchev–Trinajstić information content (AvgIpc) is 2.68. The van der Waals surface area contributed by atoms with Crippen molar-refractivity contribution >= 4 is 12.4 Å². The zero-order valence-corrected chi connectivity index (χ0v) is 17.8. The second-order valence-corrected chi connectivity index (χ2v) is 7.49. The van der Waals surface area contributed by atoms with Gasteiger partial charge in [-0.15, -0.1) is 12.4 Å². The van der Waals surface area contributed by atoms with Crippen molar-refractivity contribution in [3.63, 3.8) is 0 Å². The Labute approximate surface area is 176 Å². The van der Waals surface area contributed by atoms with Crippen LogP contribution >= 0.6 is 12.4 Å². The molecule has 28 heavy (non-hydrogen) atoms. The molecule has 154 valence electrons. The van der Waals surface area contributed by atoms with Gasteiger partial charge < -0.3 is 14.8 Å². The molecule has 0 saturated heterocycles. The van der Waals surface area contributed by atoms with Crippen LogP contribution in [0.15, 0.2) is 48.5 Å². The number of ether oxygens (including phenoxy) is 2. The van der Waals surface area contributed by atoms with Gasteiger partial charge in [0.2, 0.25) is 0 Å². The topological polar surface area (TPSA) is 30.5 Å². The maximum absolute atomic E-state index is 5.97. The molecule has 0 unspecified atom stereocenters. The lowest BCUT2D eigenvalue weighted by Gasteiger charge is -2.21. The van der Waals surface area contributed by atoms with Gasteiger partial charge in [0, 0.05) is 19.0 Å². The van der Waals surface area contributed by atoms with Crippen LogP contribution < -0.4 is 14.8 Å². The highest BCUT2D eigenvalue weighted by atomic mass is 35.5. The maximum atomic E-state index is 5.97. The molecule has 0 amide bonds. The molecule has 0 radical (unpaired) electrons. The molecule has 3 rings (SSSR count). The van der Waals surface area contributed by atoms with Gasteiger partial charge in [-0.25, -0.2) is 0 Å². The zero-order valence-electron chi connectivity index (χ0n) is 17.0. The molecule has 0 heterocycles. The van der Waals surface area contributed by atoms with Crippen LogP contribution in [0.25, 0.3) is 0 Å². The van der Waals surface area contributed by atoms with Gasteiger partial charge >= 0.3 is 0 Å². The van der Waals surface area contributed by atoms with Crippen molar-refractivity contribution in [2.24, 2.45) is 0 Å². The molecule has 4 heteroatoms. The van der Waals surface area contributed by atoms with Crippen molar-refractivity contribution in [2.45, 2.75) is 64.0 Å². The first-order valence-electron chi connectivity index (χ1n) is 10.4. The zero-order chi connectivity index (χ0) is 18.7. The first-order chi connectivity index (χ1) is 13.3. The Morgan fingerprint density at radius 2 is 1.57 bits per heavy atom. The summed E-state index contributed by atoms with van der Waals surface area (Å²) in [5.41, 5.74) is 2.54. The summed E-state index contributed by atoms with van der Waals surface area (Å²) in [4.78, 5) is 0. The number of rotatable bonds is 8. The molecular formula is C24H34ClNO2. The second kappa shape index (κ2) is 12.7. The fourth-order valence-corrected chi connectivity index (χ4v) is 3.79. The molecule has 1 aliphatic rings. The normalized spacial score (nSPS) is 15.2. The standard InChI is InChI=1S/C24H33NO2.ClH/c1-26-24-18-21(19-25-22-12-8-3-2-4-9-13-22)14-15-23(24)27-17-16-20-10-6-5-7-11-20;/h5-7,10-11,14-15,18,22,25H,2-4,8-9,12-13,16-17,19H2,1H3;1H. The van der Waals surface area contributed by atoms with Gasteiger partial charge in [-0.05, 0) is 36.1 Å². The Morgan fingerprint density at radius 3 is 2.29 bits per heavy atom. The summed E-state index contributed by atoms with van der Waals surface area (Å²) >= 11 is 0.